The van der Waals surface area contributed by atoms with Crippen LogP contribution < -0.4 is 9.62 Å². The molecule has 1 N–H and O–H groups in total. The molecule has 7 nitrogen and oxygen atoms in total. The normalized spacial score (nSPS) is 12.7. The lowest BCUT2D eigenvalue weighted by atomic mass is 10.0. The molecule has 0 saturated heterocycles. The summed E-state index contributed by atoms with van der Waals surface area (Å²) in [6, 6.07) is 9.30. The van der Waals surface area contributed by atoms with Gasteiger partial charge in [-0.25, -0.2) is 8.42 Å². The van der Waals surface area contributed by atoms with Gasteiger partial charge in [0.15, 0.2) is 0 Å². The molecule has 0 aliphatic carbocycles. The average molecular weight is 577 g/mol. The summed E-state index contributed by atoms with van der Waals surface area (Å²) in [5.74, 6) is -0.896. The number of aryl methyl sites for hydroxylation is 1. The molecule has 0 aromatic heterocycles. The minimum absolute atomic E-state index is 0.0185. The summed E-state index contributed by atoms with van der Waals surface area (Å²) < 4.78 is 26.4. The molecule has 1 atom stereocenters. The zero-order chi connectivity index (χ0) is 27.4. The third kappa shape index (κ3) is 8.00. The third-order valence-electron chi connectivity index (χ3n) is 5.42. The van der Waals surface area contributed by atoms with E-state index < -0.39 is 34.1 Å². The number of nitrogens with zero attached hydrogens (tertiary/aromatic N) is 2. The van der Waals surface area contributed by atoms with Gasteiger partial charge in [-0.05, 0) is 57.4 Å². The van der Waals surface area contributed by atoms with Crippen molar-refractivity contribution >= 4 is 62.3 Å². The molecule has 0 radical (unpaired) electrons. The fourth-order valence-corrected chi connectivity index (χ4v) is 5.19. The van der Waals surface area contributed by atoms with Crippen LogP contribution in [0.2, 0.25) is 15.1 Å². The number of carbonyl (C=O) groups is 2. The third-order valence-corrected chi connectivity index (χ3v) is 7.58. The highest BCUT2D eigenvalue weighted by atomic mass is 35.5. The van der Waals surface area contributed by atoms with Gasteiger partial charge >= 0.3 is 0 Å². The number of carbonyl (C=O) groups excluding carboxylic acids is 2. The number of nitrogens with one attached hydrogen (secondary N) is 1. The van der Waals surface area contributed by atoms with E-state index >= 15 is 0 Å². The Morgan fingerprint density at radius 1 is 1.03 bits per heavy atom. The number of sulfonamides is 1. The summed E-state index contributed by atoms with van der Waals surface area (Å²) in [4.78, 5) is 28.4. The Hall–Kier alpha value is -2.00. The Balaban J connectivity index is 2.54. The van der Waals surface area contributed by atoms with Crippen molar-refractivity contribution in [3.05, 3.63) is 62.6 Å². The monoisotopic (exact) mass is 575 g/mol. The van der Waals surface area contributed by atoms with Crippen LogP contribution in [0.25, 0.3) is 0 Å². The van der Waals surface area contributed by atoms with Gasteiger partial charge < -0.3 is 10.2 Å². The Kier molecular flexibility index (Phi) is 10.1. The van der Waals surface area contributed by atoms with Gasteiger partial charge in [0.2, 0.25) is 21.8 Å². The molecule has 36 heavy (non-hydrogen) atoms. The van der Waals surface area contributed by atoms with Gasteiger partial charge in [-0.2, -0.15) is 0 Å². The zero-order valence-electron chi connectivity index (χ0n) is 21.2. The van der Waals surface area contributed by atoms with E-state index in [1.54, 1.807) is 6.92 Å². The van der Waals surface area contributed by atoms with Gasteiger partial charge in [-0.15, -0.1) is 0 Å². The maximum Gasteiger partial charge on any atom is 0.244 e. The number of hydrogen-bond donors (Lipinski definition) is 1. The molecule has 0 aliphatic rings. The van der Waals surface area contributed by atoms with E-state index in [2.05, 4.69) is 5.32 Å². The minimum Gasteiger partial charge on any atom is -0.350 e. The summed E-state index contributed by atoms with van der Waals surface area (Å²) in [5.41, 5.74) is 1.28. The second kappa shape index (κ2) is 12.0. The van der Waals surface area contributed by atoms with E-state index in [4.69, 9.17) is 34.8 Å². The molecule has 2 aromatic rings. The number of halogens is 3. The van der Waals surface area contributed by atoms with Gasteiger partial charge in [0, 0.05) is 12.1 Å². The van der Waals surface area contributed by atoms with Crippen molar-refractivity contribution in [3.8, 4) is 0 Å². The number of rotatable bonds is 9. The van der Waals surface area contributed by atoms with E-state index in [9.17, 15) is 18.0 Å². The standard InChI is InChI=1S/C25H32Cl3N3O4S/c1-7-21(24(33)29-25(3,4)5)30(14-17-11-9-8-10-16(17)2)23(32)15-31(36(6,34)35)22-13-19(27)18(26)12-20(22)28/h8-13,21H,7,14-15H2,1-6H3,(H,29,33)/t21-/m0/s1. The lowest BCUT2D eigenvalue weighted by molar-refractivity contribution is -0.141. The van der Waals surface area contributed by atoms with E-state index in [0.717, 1.165) is 21.7 Å². The Labute approximate surface area is 228 Å². The van der Waals surface area contributed by atoms with E-state index in [1.807, 2.05) is 52.0 Å². The second-order valence-electron chi connectivity index (χ2n) is 9.60. The van der Waals surface area contributed by atoms with E-state index in [-0.39, 0.29) is 33.2 Å². The molecule has 0 fully saturated rings. The number of amides is 2. The maximum atomic E-state index is 13.8. The summed E-state index contributed by atoms with van der Waals surface area (Å²) in [6.07, 6.45) is 1.29. The van der Waals surface area contributed by atoms with Crippen molar-refractivity contribution < 1.29 is 18.0 Å². The van der Waals surface area contributed by atoms with Crippen LogP contribution in [-0.4, -0.2) is 49.5 Å². The topological polar surface area (TPSA) is 86.8 Å². The summed E-state index contributed by atoms with van der Waals surface area (Å²) in [6.45, 7) is 8.80. The lowest BCUT2D eigenvalue weighted by Gasteiger charge is -2.35. The first kappa shape index (κ1) is 30.2. The smallest absolute Gasteiger partial charge is 0.244 e. The Morgan fingerprint density at radius 2 is 1.61 bits per heavy atom. The highest BCUT2D eigenvalue weighted by Crippen LogP contribution is 2.35. The summed E-state index contributed by atoms with van der Waals surface area (Å²) in [7, 11) is -3.96. The maximum absolute atomic E-state index is 13.8. The molecule has 0 saturated carbocycles. The predicted octanol–water partition coefficient (Wildman–Crippen LogP) is 5.44. The molecule has 0 heterocycles. The Morgan fingerprint density at radius 3 is 2.14 bits per heavy atom. The molecule has 11 heteroatoms. The molecule has 0 bridgehead atoms. The van der Waals surface area contributed by atoms with Crippen molar-refractivity contribution in [2.45, 2.75) is 59.2 Å². The van der Waals surface area contributed by atoms with Crippen LogP contribution in [0, 0.1) is 6.92 Å². The molecule has 0 aliphatic heterocycles. The van der Waals surface area contributed by atoms with Crippen LogP contribution in [-0.2, 0) is 26.2 Å². The van der Waals surface area contributed by atoms with Crippen LogP contribution in [0.15, 0.2) is 36.4 Å². The fourth-order valence-electron chi connectivity index (χ4n) is 3.64. The quantitative estimate of drug-likeness (QED) is 0.403. The molecular formula is C25H32Cl3N3O4S. The average Bonchev–Trinajstić information content (AvgIpc) is 2.74. The largest absolute Gasteiger partial charge is 0.350 e. The highest BCUT2D eigenvalue weighted by Gasteiger charge is 2.33. The molecule has 198 valence electrons. The molecule has 0 spiro atoms. The summed E-state index contributed by atoms with van der Waals surface area (Å²) in [5, 5.41) is 3.18. The van der Waals surface area contributed by atoms with E-state index in [1.165, 1.54) is 17.0 Å². The van der Waals surface area contributed by atoms with Crippen molar-refractivity contribution in [2.75, 3.05) is 17.1 Å². The van der Waals surface area contributed by atoms with Gasteiger partial charge in [0.05, 0.1) is 27.0 Å². The minimum atomic E-state index is -3.96. The highest BCUT2D eigenvalue weighted by molar-refractivity contribution is 7.92. The Bertz CT molecular complexity index is 1230. The van der Waals surface area contributed by atoms with Gasteiger partial charge in [-0.1, -0.05) is 66.0 Å². The van der Waals surface area contributed by atoms with Crippen LogP contribution >= 0.6 is 34.8 Å². The van der Waals surface area contributed by atoms with Crippen molar-refractivity contribution in [3.63, 3.8) is 0 Å². The molecule has 2 aromatic carbocycles. The van der Waals surface area contributed by atoms with Gasteiger partial charge in [0.25, 0.3) is 0 Å². The number of hydrogen-bond acceptors (Lipinski definition) is 4. The first-order chi connectivity index (χ1) is 16.5. The number of benzene rings is 2. The second-order valence-corrected chi connectivity index (χ2v) is 12.7. The fraction of sp³-hybridized carbons (Fsp3) is 0.440. The SMILES string of the molecule is CC[C@@H](C(=O)NC(C)(C)C)N(Cc1ccccc1C)C(=O)CN(c1cc(Cl)c(Cl)cc1Cl)S(C)(=O)=O. The van der Waals surface area contributed by atoms with Crippen molar-refractivity contribution in [1.29, 1.82) is 0 Å². The van der Waals surface area contributed by atoms with Gasteiger partial charge in [-0.3, -0.25) is 13.9 Å². The lowest BCUT2D eigenvalue weighted by Crippen LogP contribution is -2.55. The molecule has 2 rings (SSSR count). The first-order valence-electron chi connectivity index (χ1n) is 11.3. The van der Waals surface area contributed by atoms with Gasteiger partial charge in [0.1, 0.15) is 12.6 Å². The van der Waals surface area contributed by atoms with Crippen LogP contribution in [0.1, 0.15) is 45.2 Å². The van der Waals surface area contributed by atoms with Crippen LogP contribution in [0.4, 0.5) is 5.69 Å². The summed E-state index contributed by atoms with van der Waals surface area (Å²) >= 11 is 18.4. The molecular weight excluding hydrogens is 545 g/mol. The van der Waals surface area contributed by atoms with Crippen LogP contribution in [0.5, 0.6) is 0 Å². The van der Waals surface area contributed by atoms with E-state index in [0.29, 0.717) is 6.42 Å². The zero-order valence-corrected chi connectivity index (χ0v) is 24.3. The van der Waals surface area contributed by atoms with Crippen molar-refractivity contribution in [1.82, 2.24) is 10.2 Å². The number of anilines is 1. The van der Waals surface area contributed by atoms with Crippen molar-refractivity contribution in [2.24, 2.45) is 0 Å². The predicted molar refractivity (Wildman–Crippen MR) is 147 cm³/mol. The van der Waals surface area contributed by atoms with Crippen LogP contribution in [0.3, 0.4) is 0 Å². The molecule has 0 unspecified atom stereocenters. The molecule has 2 amide bonds. The first-order valence-corrected chi connectivity index (χ1v) is 14.3.